The van der Waals surface area contributed by atoms with Crippen LogP contribution in [0.5, 0.6) is 0 Å². The molecule has 1 aromatic rings. The van der Waals surface area contributed by atoms with E-state index in [1.165, 1.54) is 43.5 Å². The van der Waals surface area contributed by atoms with Crippen molar-refractivity contribution in [2.24, 2.45) is 5.92 Å². The predicted octanol–water partition coefficient (Wildman–Crippen LogP) is 2.89. The summed E-state index contributed by atoms with van der Waals surface area (Å²) in [4.78, 5) is 4.67. The summed E-state index contributed by atoms with van der Waals surface area (Å²) < 4.78 is 0. The van der Waals surface area contributed by atoms with E-state index in [0.29, 0.717) is 17.4 Å². The zero-order chi connectivity index (χ0) is 11.9. The van der Waals surface area contributed by atoms with Crippen molar-refractivity contribution in [2.75, 3.05) is 6.54 Å². The van der Waals surface area contributed by atoms with Crippen LogP contribution >= 0.6 is 0 Å². The molecule has 2 heterocycles. The third-order valence-corrected chi connectivity index (χ3v) is 4.83. The standard InChI is InChI=1S/C15H22N2/c1-11(2)15(8-4-10-17-15)13-7-6-12-5-3-9-16-14(12)13/h3,5,9,11,13,17H,4,6-8,10H2,1-2H3. The number of aromatic nitrogens is 1. The van der Waals surface area contributed by atoms with Gasteiger partial charge in [0.15, 0.2) is 0 Å². The first kappa shape index (κ1) is 11.2. The first-order chi connectivity index (χ1) is 8.24. The summed E-state index contributed by atoms with van der Waals surface area (Å²) in [5, 5.41) is 3.81. The van der Waals surface area contributed by atoms with E-state index in [-0.39, 0.29) is 0 Å². The lowest BCUT2D eigenvalue weighted by Gasteiger charge is -2.39. The Hall–Kier alpha value is -0.890. The molecule has 92 valence electrons. The Morgan fingerprint density at radius 3 is 3.06 bits per heavy atom. The molecule has 0 radical (unpaired) electrons. The molecule has 2 aliphatic rings. The van der Waals surface area contributed by atoms with Crippen LogP contribution in [0.25, 0.3) is 0 Å². The van der Waals surface area contributed by atoms with Gasteiger partial charge in [0.05, 0.1) is 0 Å². The van der Waals surface area contributed by atoms with Crippen molar-refractivity contribution in [3.05, 3.63) is 29.6 Å². The maximum atomic E-state index is 4.67. The minimum absolute atomic E-state index is 0.305. The quantitative estimate of drug-likeness (QED) is 0.845. The smallest absolute Gasteiger partial charge is 0.0485 e. The maximum absolute atomic E-state index is 4.67. The second-order valence-electron chi connectivity index (χ2n) is 5.86. The average molecular weight is 230 g/mol. The normalized spacial score (nSPS) is 32.1. The summed E-state index contributed by atoms with van der Waals surface area (Å²) >= 11 is 0. The van der Waals surface area contributed by atoms with Crippen molar-refractivity contribution in [2.45, 2.75) is 51.0 Å². The third kappa shape index (κ3) is 1.61. The SMILES string of the molecule is CC(C)C1(C2CCc3cccnc32)CCCN1. The first-order valence-electron chi connectivity index (χ1n) is 6.93. The van der Waals surface area contributed by atoms with Gasteiger partial charge in [-0.25, -0.2) is 0 Å². The van der Waals surface area contributed by atoms with Crippen LogP contribution in [0, 0.1) is 5.92 Å². The van der Waals surface area contributed by atoms with Crippen LogP contribution in [-0.2, 0) is 6.42 Å². The van der Waals surface area contributed by atoms with E-state index in [4.69, 9.17) is 0 Å². The van der Waals surface area contributed by atoms with Gasteiger partial charge in [-0.1, -0.05) is 19.9 Å². The molecule has 3 rings (SSSR count). The molecule has 2 heteroatoms. The van der Waals surface area contributed by atoms with E-state index in [9.17, 15) is 0 Å². The van der Waals surface area contributed by atoms with Gasteiger partial charge in [0.2, 0.25) is 0 Å². The van der Waals surface area contributed by atoms with E-state index in [2.05, 4.69) is 36.3 Å². The average Bonchev–Trinajstić information content (AvgIpc) is 2.95. The first-order valence-corrected chi connectivity index (χ1v) is 6.93. The third-order valence-electron chi connectivity index (χ3n) is 4.83. The van der Waals surface area contributed by atoms with Gasteiger partial charge >= 0.3 is 0 Å². The summed E-state index contributed by atoms with van der Waals surface area (Å²) in [5.41, 5.74) is 3.15. The van der Waals surface area contributed by atoms with Gasteiger partial charge in [-0.2, -0.15) is 0 Å². The van der Waals surface area contributed by atoms with Gasteiger partial charge in [-0.05, 0) is 49.8 Å². The molecule has 2 unspecified atom stereocenters. The molecule has 0 bridgehead atoms. The summed E-state index contributed by atoms with van der Waals surface area (Å²) in [6, 6.07) is 4.33. The molecule has 17 heavy (non-hydrogen) atoms. The van der Waals surface area contributed by atoms with Gasteiger partial charge in [-0.15, -0.1) is 0 Å². The Labute approximate surface area is 104 Å². The van der Waals surface area contributed by atoms with Crippen molar-refractivity contribution < 1.29 is 0 Å². The van der Waals surface area contributed by atoms with E-state index >= 15 is 0 Å². The van der Waals surface area contributed by atoms with Crippen molar-refractivity contribution in [1.82, 2.24) is 10.3 Å². The number of hydrogen-bond donors (Lipinski definition) is 1. The molecule has 0 aromatic carbocycles. The fraction of sp³-hybridized carbons (Fsp3) is 0.667. The zero-order valence-corrected chi connectivity index (χ0v) is 10.9. The van der Waals surface area contributed by atoms with Crippen LogP contribution in [0.1, 0.15) is 50.3 Å². The number of aryl methyl sites for hydroxylation is 1. The molecule has 0 amide bonds. The Morgan fingerprint density at radius 2 is 2.35 bits per heavy atom. The number of hydrogen-bond acceptors (Lipinski definition) is 2. The maximum Gasteiger partial charge on any atom is 0.0485 e. The summed E-state index contributed by atoms with van der Waals surface area (Å²) in [5.74, 6) is 1.31. The van der Waals surface area contributed by atoms with Crippen molar-refractivity contribution in [1.29, 1.82) is 0 Å². The molecule has 0 saturated carbocycles. The summed E-state index contributed by atoms with van der Waals surface area (Å²) in [6.07, 6.45) is 7.07. The molecule has 1 saturated heterocycles. The lowest BCUT2D eigenvalue weighted by atomic mass is 9.73. The van der Waals surface area contributed by atoms with Crippen LogP contribution in [0.3, 0.4) is 0 Å². The lowest BCUT2D eigenvalue weighted by molar-refractivity contribution is 0.215. The minimum Gasteiger partial charge on any atom is -0.310 e. The topological polar surface area (TPSA) is 24.9 Å². The van der Waals surface area contributed by atoms with Gasteiger partial charge < -0.3 is 5.32 Å². The molecule has 0 spiro atoms. The predicted molar refractivity (Wildman–Crippen MR) is 70.1 cm³/mol. The highest BCUT2D eigenvalue weighted by molar-refractivity contribution is 5.33. The Kier molecular flexibility index (Phi) is 2.70. The van der Waals surface area contributed by atoms with Crippen LogP contribution in [0.4, 0.5) is 0 Å². The largest absolute Gasteiger partial charge is 0.310 e. The van der Waals surface area contributed by atoms with Crippen LogP contribution in [0.2, 0.25) is 0 Å². The number of pyridine rings is 1. The molecule has 2 nitrogen and oxygen atoms in total. The lowest BCUT2D eigenvalue weighted by Crippen LogP contribution is -2.49. The molecule has 1 aliphatic carbocycles. The fourth-order valence-corrected chi connectivity index (χ4v) is 3.90. The molecule has 1 N–H and O–H groups in total. The molecule has 1 aliphatic heterocycles. The summed E-state index contributed by atoms with van der Waals surface area (Å²) in [7, 11) is 0. The molecular weight excluding hydrogens is 208 g/mol. The highest BCUT2D eigenvalue weighted by Crippen LogP contribution is 2.46. The molecule has 2 atom stereocenters. The van der Waals surface area contributed by atoms with Gasteiger partial charge in [0.25, 0.3) is 0 Å². The Morgan fingerprint density at radius 1 is 1.47 bits per heavy atom. The van der Waals surface area contributed by atoms with Crippen molar-refractivity contribution >= 4 is 0 Å². The zero-order valence-electron chi connectivity index (χ0n) is 10.9. The number of fused-ring (bicyclic) bond motifs is 1. The van der Waals surface area contributed by atoms with E-state index in [1.54, 1.807) is 0 Å². The number of rotatable bonds is 2. The van der Waals surface area contributed by atoms with Crippen molar-refractivity contribution in [3.63, 3.8) is 0 Å². The van der Waals surface area contributed by atoms with Crippen LogP contribution < -0.4 is 5.32 Å². The second-order valence-corrected chi connectivity index (χ2v) is 5.86. The van der Waals surface area contributed by atoms with Gasteiger partial charge in [-0.3, -0.25) is 4.98 Å². The highest BCUT2D eigenvalue weighted by Gasteiger charge is 2.46. The molecule has 1 fully saturated rings. The highest BCUT2D eigenvalue weighted by atomic mass is 15.0. The van der Waals surface area contributed by atoms with Gasteiger partial charge in [0, 0.05) is 23.3 Å². The van der Waals surface area contributed by atoms with Crippen LogP contribution in [0.15, 0.2) is 18.3 Å². The van der Waals surface area contributed by atoms with Crippen molar-refractivity contribution in [3.8, 4) is 0 Å². The molecular formula is C15H22N2. The second kappa shape index (κ2) is 4.09. The minimum atomic E-state index is 0.305. The number of nitrogens with zero attached hydrogens (tertiary/aromatic N) is 1. The summed E-state index contributed by atoms with van der Waals surface area (Å²) in [6.45, 7) is 5.90. The Bertz CT molecular complexity index is 405. The fourth-order valence-electron chi connectivity index (χ4n) is 3.90. The molecule has 1 aromatic heterocycles. The monoisotopic (exact) mass is 230 g/mol. The van der Waals surface area contributed by atoms with Crippen LogP contribution in [-0.4, -0.2) is 17.1 Å². The van der Waals surface area contributed by atoms with E-state index in [0.717, 1.165) is 0 Å². The van der Waals surface area contributed by atoms with Gasteiger partial charge in [0.1, 0.15) is 0 Å². The van der Waals surface area contributed by atoms with E-state index in [1.807, 2.05) is 6.20 Å². The Balaban J connectivity index is 2.00. The number of nitrogens with one attached hydrogen (secondary N) is 1. The van der Waals surface area contributed by atoms with E-state index < -0.39 is 0 Å².